The quantitative estimate of drug-likeness (QED) is 0.0961. The van der Waals surface area contributed by atoms with Gasteiger partial charge < -0.3 is 25.4 Å². The van der Waals surface area contributed by atoms with Crippen LogP contribution < -0.4 is 20.9 Å². The van der Waals surface area contributed by atoms with Crippen molar-refractivity contribution in [2.45, 2.75) is 18.4 Å². The second-order valence-electron chi connectivity index (χ2n) is 11.7. The number of aryl methyl sites for hydroxylation is 1. The predicted molar refractivity (Wildman–Crippen MR) is 202 cm³/mol. The van der Waals surface area contributed by atoms with E-state index >= 15 is 0 Å². The van der Waals surface area contributed by atoms with Gasteiger partial charge in [-0.2, -0.15) is 0 Å². The zero-order chi connectivity index (χ0) is 34.3. The Bertz CT molecular complexity index is 2150. The summed E-state index contributed by atoms with van der Waals surface area (Å²) in [5.74, 6) is -0.723. The van der Waals surface area contributed by atoms with Gasteiger partial charge in [-0.05, 0) is 91.4 Å². The van der Waals surface area contributed by atoms with Crippen molar-refractivity contribution in [3.05, 3.63) is 138 Å². The smallest absolute Gasteiger partial charge is 0.272 e. The SMILES string of the molecule is CCn1c2ccccc2c2cc(NC(=O)CSc3ccc(NC(=O)/C(=C/c4ccc(N(C)C)cc4)NC(=O)c4ccccc4)cc3)ccc21. The lowest BCUT2D eigenvalue weighted by Crippen LogP contribution is -2.30. The first-order valence-corrected chi connectivity index (χ1v) is 17.0. The molecular weight excluding hydrogens is 631 g/mol. The van der Waals surface area contributed by atoms with Crippen LogP contribution in [0.3, 0.4) is 0 Å². The maximum atomic E-state index is 13.4. The van der Waals surface area contributed by atoms with Gasteiger partial charge in [0, 0.05) is 70.0 Å². The molecule has 5 aromatic carbocycles. The van der Waals surface area contributed by atoms with Crippen LogP contribution in [0, 0.1) is 0 Å². The van der Waals surface area contributed by atoms with Crippen LogP contribution in [0.4, 0.5) is 17.1 Å². The second kappa shape index (κ2) is 15.0. The molecule has 0 aliphatic carbocycles. The monoisotopic (exact) mass is 667 g/mol. The summed E-state index contributed by atoms with van der Waals surface area (Å²) in [6, 6.07) is 38.0. The first-order valence-electron chi connectivity index (χ1n) is 16.0. The first kappa shape index (κ1) is 33.1. The maximum absolute atomic E-state index is 13.4. The highest BCUT2D eigenvalue weighted by molar-refractivity contribution is 8.00. The number of para-hydroxylation sites is 1. The van der Waals surface area contributed by atoms with Gasteiger partial charge in [0.05, 0.1) is 5.75 Å². The van der Waals surface area contributed by atoms with Crippen molar-refractivity contribution < 1.29 is 14.4 Å². The van der Waals surface area contributed by atoms with Crippen LogP contribution in [-0.2, 0) is 16.1 Å². The normalized spacial score (nSPS) is 11.4. The number of fused-ring (bicyclic) bond motifs is 3. The lowest BCUT2D eigenvalue weighted by Gasteiger charge is -2.13. The molecule has 49 heavy (non-hydrogen) atoms. The Hall–Kier alpha value is -5.80. The fourth-order valence-electron chi connectivity index (χ4n) is 5.63. The van der Waals surface area contributed by atoms with E-state index in [0.717, 1.165) is 44.7 Å². The third-order valence-electron chi connectivity index (χ3n) is 8.10. The van der Waals surface area contributed by atoms with Crippen LogP contribution in [-0.4, -0.2) is 42.1 Å². The third-order valence-corrected chi connectivity index (χ3v) is 9.12. The number of aromatic nitrogens is 1. The molecule has 6 rings (SSSR count). The summed E-state index contributed by atoms with van der Waals surface area (Å²) in [5.41, 5.74) is 5.97. The number of carbonyl (C=O) groups is 3. The number of benzene rings is 5. The van der Waals surface area contributed by atoms with E-state index in [2.05, 4.69) is 45.6 Å². The van der Waals surface area contributed by atoms with Gasteiger partial charge in [0.2, 0.25) is 5.91 Å². The summed E-state index contributed by atoms with van der Waals surface area (Å²) in [5, 5.41) is 11.0. The largest absolute Gasteiger partial charge is 0.378 e. The Labute approximate surface area is 289 Å². The molecule has 1 aromatic heterocycles. The van der Waals surface area contributed by atoms with Crippen molar-refractivity contribution in [3.63, 3.8) is 0 Å². The van der Waals surface area contributed by atoms with Crippen LogP contribution >= 0.6 is 11.8 Å². The van der Waals surface area contributed by atoms with Gasteiger partial charge in [0.1, 0.15) is 5.70 Å². The van der Waals surface area contributed by atoms with Crippen LogP contribution in [0.15, 0.2) is 132 Å². The molecule has 0 radical (unpaired) electrons. The fraction of sp³-hybridized carbons (Fsp3) is 0.125. The number of rotatable bonds is 11. The van der Waals surface area contributed by atoms with Crippen LogP contribution in [0.5, 0.6) is 0 Å². The Morgan fingerprint density at radius 2 is 1.41 bits per heavy atom. The van der Waals surface area contributed by atoms with Crippen molar-refractivity contribution in [2.75, 3.05) is 35.4 Å². The number of amides is 3. The van der Waals surface area contributed by atoms with E-state index in [1.165, 1.54) is 17.3 Å². The summed E-state index contributed by atoms with van der Waals surface area (Å²) >= 11 is 1.41. The Morgan fingerprint density at radius 1 is 0.735 bits per heavy atom. The number of carbonyl (C=O) groups excluding carboxylic acids is 3. The van der Waals surface area contributed by atoms with Gasteiger partial charge in [-0.15, -0.1) is 11.8 Å². The van der Waals surface area contributed by atoms with Crippen LogP contribution in [0.25, 0.3) is 27.9 Å². The van der Waals surface area contributed by atoms with Crippen molar-refractivity contribution in [2.24, 2.45) is 0 Å². The molecule has 0 aliphatic heterocycles. The highest BCUT2D eigenvalue weighted by Gasteiger charge is 2.16. The van der Waals surface area contributed by atoms with Gasteiger partial charge in [-0.25, -0.2) is 0 Å². The number of nitrogens with zero attached hydrogens (tertiary/aromatic N) is 2. The van der Waals surface area contributed by atoms with E-state index in [9.17, 15) is 14.4 Å². The first-order chi connectivity index (χ1) is 23.8. The lowest BCUT2D eigenvalue weighted by molar-refractivity contribution is -0.114. The molecule has 0 unspecified atom stereocenters. The predicted octanol–water partition coefficient (Wildman–Crippen LogP) is 8.02. The molecule has 1 heterocycles. The van der Waals surface area contributed by atoms with Gasteiger partial charge in [0.15, 0.2) is 0 Å². The fourth-order valence-corrected chi connectivity index (χ4v) is 6.33. The van der Waals surface area contributed by atoms with E-state index in [0.29, 0.717) is 11.3 Å². The molecule has 0 atom stereocenters. The van der Waals surface area contributed by atoms with Crippen molar-refractivity contribution in [3.8, 4) is 0 Å². The number of hydrogen-bond donors (Lipinski definition) is 3. The highest BCUT2D eigenvalue weighted by Crippen LogP contribution is 2.31. The van der Waals surface area contributed by atoms with Gasteiger partial charge >= 0.3 is 0 Å². The summed E-state index contributed by atoms with van der Waals surface area (Å²) < 4.78 is 2.28. The Kier molecular flexibility index (Phi) is 10.1. The summed E-state index contributed by atoms with van der Waals surface area (Å²) in [6.07, 6.45) is 1.65. The molecule has 3 N–H and O–H groups in total. The average molecular weight is 668 g/mol. The van der Waals surface area contributed by atoms with E-state index in [-0.39, 0.29) is 23.3 Å². The summed E-state index contributed by atoms with van der Waals surface area (Å²) in [7, 11) is 3.91. The summed E-state index contributed by atoms with van der Waals surface area (Å²) in [6.45, 7) is 3.00. The van der Waals surface area contributed by atoms with Crippen molar-refractivity contribution >= 4 is 74.4 Å². The maximum Gasteiger partial charge on any atom is 0.272 e. The Morgan fingerprint density at radius 3 is 2.12 bits per heavy atom. The molecule has 0 saturated carbocycles. The minimum Gasteiger partial charge on any atom is -0.378 e. The van der Waals surface area contributed by atoms with Crippen molar-refractivity contribution in [1.82, 2.24) is 9.88 Å². The van der Waals surface area contributed by atoms with Gasteiger partial charge in [-0.1, -0.05) is 48.5 Å². The number of thioether (sulfide) groups is 1. The van der Waals surface area contributed by atoms with Crippen LogP contribution in [0.1, 0.15) is 22.8 Å². The molecule has 6 aromatic rings. The molecule has 9 heteroatoms. The molecule has 0 bridgehead atoms. The zero-order valence-electron chi connectivity index (χ0n) is 27.6. The lowest BCUT2D eigenvalue weighted by atomic mass is 10.1. The Balaban J connectivity index is 1.09. The topological polar surface area (TPSA) is 95.5 Å². The van der Waals surface area contributed by atoms with E-state index in [1.807, 2.05) is 85.7 Å². The molecule has 246 valence electrons. The van der Waals surface area contributed by atoms with Gasteiger partial charge in [-0.3, -0.25) is 14.4 Å². The van der Waals surface area contributed by atoms with Gasteiger partial charge in [0.25, 0.3) is 11.8 Å². The number of nitrogens with one attached hydrogen (secondary N) is 3. The molecule has 0 fully saturated rings. The third kappa shape index (κ3) is 7.85. The standard InChI is InChI=1S/C40H37N5O3S/c1-4-45-36-13-9-8-12-33(36)34-25-30(18-23-37(34)45)41-38(46)26-49-32-21-16-29(17-22-32)42-40(48)35(43-39(47)28-10-6-5-7-11-28)24-27-14-19-31(20-15-27)44(2)3/h5-25H,4,26H2,1-3H3,(H,41,46)(H,42,48)(H,43,47)/b35-24-. The van der Waals surface area contributed by atoms with E-state index < -0.39 is 5.91 Å². The van der Waals surface area contributed by atoms with E-state index in [4.69, 9.17) is 0 Å². The number of hydrogen-bond acceptors (Lipinski definition) is 5. The minimum absolute atomic E-state index is 0.108. The zero-order valence-corrected chi connectivity index (χ0v) is 28.4. The molecule has 8 nitrogen and oxygen atoms in total. The molecule has 3 amide bonds. The molecule has 0 spiro atoms. The minimum atomic E-state index is -0.459. The van der Waals surface area contributed by atoms with E-state index in [1.54, 1.807) is 42.5 Å². The molecule has 0 saturated heterocycles. The summed E-state index contributed by atoms with van der Waals surface area (Å²) in [4.78, 5) is 42.2. The molecular formula is C40H37N5O3S. The molecule has 0 aliphatic rings. The average Bonchev–Trinajstić information content (AvgIpc) is 3.44. The van der Waals surface area contributed by atoms with Crippen LogP contribution in [0.2, 0.25) is 0 Å². The highest BCUT2D eigenvalue weighted by atomic mass is 32.2. The second-order valence-corrected chi connectivity index (χ2v) is 12.7. The number of anilines is 3. The van der Waals surface area contributed by atoms with Crippen molar-refractivity contribution in [1.29, 1.82) is 0 Å².